The zero-order valence-electron chi connectivity index (χ0n) is 14.9. The third-order valence-electron chi connectivity index (χ3n) is 4.79. The fourth-order valence-corrected chi connectivity index (χ4v) is 3.66. The van der Waals surface area contributed by atoms with Crippen LogP contribution in [-0.2, 0) is 20.0 Å². The molecule has 3 rings (SSSR count). The van der Waals surface area contributed by atoms with Crippen molar-refractivity contribution in [3.63, 3.8) is 0 Å². The smallest absolute Gasteiger partial charge is 0.318 e. The van der Waals surface area contributed by atoms with Gasteiger partial charge in [-0.25, -0.2) is 4.79 Å². The number of aromatic amines is 1. The molecule has 0 unspecified atom stereocenters. The third-order valence-corrected chi connectivity index (χ3v) is 4.79. The highest BCUT2D eigenvalue weighted by molar-refractivity contribution is 5.75. The normalized spacial score (nSPS) is 17.5. The Morgan fingerprint density at radius 3 is 2.92 bits per heavy atom. The van der Waals surface area contributed by atoms with Gasteiger partial charge in [-0.3, -0.25) is 9.78 Å². The highest BCUT2D eigenvalue weighted by Gasteiger charge is 2.32. The first-order valence-electron chi connectivity index (χ1n) is 8.58. The second kappa shape index (κ2) is 6.67. The summed E-state index contributed by atoms with van der Waals surface area (Å²) in [6, 6.07) is 0.103. The van der Waals surface area contributed by atoms with Crippen molar-refractivity contribution in [1.29, 1.82) is 0 Å². The Labute approximate surface area is 142 Å². The van der Waals surface area contributed by atoms with E-state index >= 15 is 0 Å². The van der Waals surface area contributed by atoms with E-state index in [0.717, 1.165) is 48.5 Å². The number of rotatable bonds is 4. The zero-order valence-corrected chi connectivity index (χ0v) is 14.9. The summed E-state index contributed by atoms with van der Waals surface area (Å²) in [4.78, 5) is 14.6. The number of carbonyl (C=O) groups excluding carboxylic acids is 1. The van der Waals surface area contributed by atoms with Crippen LogP contribution in [0.5, 0.6) is 0 Å². The predicted molar refractivity (Wildman–Crippen MR) is 91.6 cm³/mol. The molecule has 7 heteroatoms. The van der Waals surface area contributed by atoms with E-state index in [0.29, 0.717) is 6.54 Å². The number of urea groups is 1. The van der Waals surface area contributed by atoms with Crippen molar-refractivity contribution < 1.29 is 4.79 Å². The Bertz CT molecular complexity index is 712. The van der Waals surface area contributed by atoms with Gasteiger partial charge in [-0.15, -0.1) is 0 Å². The number of amides is 2. The molecular formula is C17H26N6O. The lowest BCUT2D eigenvalue weighted by atomic mass is 10.0. The molecule has 2 N–H and O–H groups in total. The van der Waals surface area contributed by atoms with Crippen molar-refractivity contribution in [2.75, 3.05) is 6.54 Å². The maximum absolute atomic E-state index is 12.7. The molecule has 130 valence electrons. The van der Waals surface area contributed by atoms with Gasteiger partial charge in [0.1, 0.15) is 0 Å². The van der Waals surface area contributed by atoms with Gasteiger partial charge in [0.2, 0.25) is 0 Å². The van der Waals surface area contributed by atoms with Gasteiger partial charge in [-0.1, -0.05) is 6.92 Å². The van der Waals surface area contributed by atoms with Gasteiger partial charge in [-0.2, -0.15) is 10.2 Å². The molecule has 0 spiro atoms. The van der Waals surface area contributed by atoms with Crippen molar-refractivity contribution in [2.24, 2.45) is 7.05 Å². The lowest BCUT2D eigenvalue weighted by Gasteiger charge is -2.25. The molecule has 1 atom stereocenters. The molecule has 0 aromatic carbocycles. The number of aromatic nitrogens is 4. The summed E-state index contributed by atoms with van der Waals surface area (Å²) < 4.78 is 1.80. The highest BCUT2D eigenvalue weighted by Crippen LogP contribution is 2.34. The second-order valence-electron chi connectivity index (χ2n) is 6.49. The summed E-state index contributed by atoms with van der Waals surface area (Å²) in [5.74, 6) is 0. The predicted octanol–water partition coefficient (Wildman–Crippen LogP) is 2.37. The first-order valence-corrected chi connectivity index (χ1v) is 8.58. The fourth-order valence-electron chi connectivity index (χ4n) is 3.66. The number of hydrogen-bond acceptors (Lipinski definition) is 3. The number of likely N-dealkylation sites (tertiary alicyclic amines) is 1. The van der Waals surface area contributed by atoms with E-state index in [9.17, 15) is 4.79 Å². The van der Waals surface area contributed by atoms with Crippen LogP contribution in [0.15, 0.2) is 6.20 Å². The summed E-state index contributed by atoms with van der Waals surface area (Å²) >= 11 is 0. The van der Waals surface area contributed by atoms with Gasteiger partial charge in [0.05, 0.1) is 17.4 Å². The molecule has 1 aliphatic rings. The topological polar surface area (TPSA) is 78.8 Å². The summed E-state index contributed by atoms with van der Waals surface area (Å²) in [7, 11) is 1.91. The van der Waals surface area contributed by atoms with E-state index in [-0.39, 0.29) is 12.1 Å². The van der Waals surface area contributed by atoms with Crippen LogP contribution in [0.1, 0.15) is 54.0 Å². The maximum atomic E-state index is 12.7. The molecule has 2 aromatic rings. The van der Waals surface area contributed by atoms with E-state index in [1.165, 1.54) is 5.56 Å². The molecule has 1 aliphatic heterocycles. The summed E-state index contributed by atoms with van der Waals surface area (Å²) in [5, 5.41) is 14.8. The van der Waals surface area contributed by atoms with Crippen LogP contribution in [0.25, 0.3) is 0 Å². The second-order valence-corrected chi connectivity index (χ2v) is 6.49. The summed E-state index contributed by atoms with van der Waals surface area (Å²) in [6.07, 6.45) is 4.85. The average Bonchev–Trinajstić information content (AvgIpc) is 3.24. The first kappa shape index (κ1) is 16.5. The molecule has 2 aromatic heterocycles. The molecule has 24 heavy (non-hydrogen) atoms. The van der Waals surface area contributed by atoms with Crippen LogP contribution in [0, 0.1) is 13.8 Å². The van der Waals surface area contributed by atoms with Crippen molar-refractivity contribution in [3.05, 3.63) is 34.4 Å². The number of H-pyrrole nitrogens is 1. The summed E-state index contributed by atoms with van der Waals surface area (Å²) in [5.41, 5.74) is 5.32. The molecule has 7 nitrogen and oxygen atoms in total. The number of nitrogens with zero attached hydrogens (tertiary/aromatic N) is 4. The molecule has 0 aliphatic carbocycles. The van der Waals surface area contributed by atoms with E-state index < -0.39 is 0 Å². The van der Waals surface area contributed by atoms with Crippen LogP contribution >= 0.6 is 0 Å². The number of hydrogen-bond donors (Lipinski definition) is 2. The van der Waals surface area contributed by atoms with Crippen LogP contribution in [-0.4, -0.2) is 37.5 Å². The fraction of sp³-hybridized carbons (Fsp3) is 0.588. The molecular weight excluding hydrogens is 304 g/mol. The lowest BCUT2D eigenvalue weighted by molar-refractivity contribution is 0.192. The van der Waals surface area contributed by atoms with Crippen molar-refractivity contribution in [3.8, 4) is 0 Å². The first-order chi connectivity index (χ1) is 11.5. The SMILES string of the molecule is CCc1nn(C)cc1CNC(=O)N1CCC[C@@H]1c1c(C)n[nH]c1C. The molecule has 1 saturated heterocycles. The van der Waals surface area contributed by atoms with E-state index in [2.05, 4.69) is 27.5 Å². The molecule has 1 fully saturated rings. The highest BCUT2D eigenvalue weighted by atomic mass is 16.2. The van der Waals surface area contributed by atoms with Crippen molar-refractivity contribution in [2.45, 2.75) is 52.6 Å². The van der Waals surface area contributed by atoms with Gasteiger partial charge in [0, 0.05) is 43.2 Å². The quantitative estimate of drug-likeness (QED) is 0.903. The Morgan fingerprint density at radius 2 is 2.25 bits per heavy atom. The zero-order chi connectivity index (χ0) is 17.3. The minimum atomic E-state index is -0.0107. The Kier molecular flexibility index (Phi) is 4.59. The maximum Gasteiger partial charge on any atom is 0.318 e. The van der Waals surface area contributed by atoms with Crippen LogP contribution in [0.3, 0.4) is 0 Å². The van der Waals surface area contributed by atoms with Gasteiger partial charge in [-0.05, 0) is 33.1 Å². The average molecular weight is 330 g/mol. The van der Waals surface area contributed by atoms with Crippen LogP contribution in [0.2, 0.25) is 0 Å². The van der Waals surface area contributed by atoms with Crippen LogP contribution in [0.4, 0.5) is 4.79 Å². The van der Waals surface area contributed by atoms with Crippen molar-refractivity contribution >= 4 is 6.03 Å². The molecule has 0 radical (unpaired) electrons. The standard InChI is InChI=1S/C17H26N6O/c1-5-14-13(10-22(4)21-14)9-18-17(24)23-8-6-7-15(23)16-11(2)19-20-12(16)3/h10,15H,5-9H2,1-4H3,(H,18,24)(H,19,20)/t15-/m1/s1. The number of aryl methyl sites for hydroxylation is 4. The molecule has 0 saturated carbocycles. The van der Waals surface area contributed by atoms with Crippen molar-refractivity contribution in [1.82, 2.24) is 30.2 Å². The van der Waals surface area contributed by atoms with Crippen LogP contribution < -0.4 is 5.32 Å². The Morgan fingerprint density at radius 1 is 1.46 bits per heavy atom. The Hall–Kier alpha value is -2.31. The van der Waals surface area contributed by atoms with Gasteiger partial charge in [0.25, 0.3) is 0 Å². The summed E-state index contributed by atoms with van der Waals surface area (Å²) in [6.45, 7) is 7.40. The third kappa shape index (κ3) is 3.02. The Balaban J connectivity index is 1.70. The lowest BCUT2D eigenvalue weighted by Crippen LogP contribution is -2.39. The minimum absolute atomic E-state index is 0.0107. The van der Waals surface area contributed by atoms with Gasteiger partial charge >= 0.3 is 6.03 Å². The van der Waals surface area contributed by atoms with Gasteiger partial charge < -0.3 is 10.2 Å². The number of nitrogens with one attached hydrogen (secondary N) is 2. The largest absolute Gasteiger partial charge is 0.334 e. The molecule has 3 heterocycles. The molecule has 0 bridgehead atoms. The molecule has 2 amide bonds. The monoisotopic (exact) mass is 330 g/mol. The van der Waals surface area contributed by atoms with E-state index in [1.54, 1.807) is 4.68 Å². The van der Waals surface area contributed by atoms with E-state index in [4.69, 9.17) is 0 Å². The van der Waals surface area contributed by atoms with Gasteiger partial charge in [0.15, 0.2) is 0 Å². The van der Waals surface area contributed by atoms with E-state index in [1.807, 2.05) is 32.0 Å². The number of carbonyl (C=O) groups is 1. The minimum Gasteiger partial charge on any atom is -0.334 e.